The number of nitrogens with one attached hydrogen (secondary N) is 3. The van der Waals surface area contributed by atoms with Gasteiger partial charge in [0, 0.05) is 13.6 Å². The second kappa shape index (κ2) is 9.58. The average Bonchev–Trinajstić information content (AvgIpc) is 2.55. The third kappa shape index (κ3) is 5.71. The Balaban J connectivity index is 3.03. The van der Waals surface area contributed by atoms with Crippen LogP contribution in [-0.2, 0) is 9.59 Å². The summed E-state index contributed by atoms with van der Waals surface area (Å²) < 4.78 is 0. The van der Waals surface area contributed by atoms with Gasteiger partial charge in [0.05, 0.1) is 6.54 Å². The van der Waals surface area contributed by atoms with E-state index in [-0.39, 0.29) is 12.5 Å². The molecule has 7 nitrogen and oxygen atoms in total. The van der Waals surface area contributed by atoms with Crippen LogP contribution in [0.15, 0.2) is 30.3 Å². The molecule has 0 aliphatic carbocycles. The zero-order chi connectivity index (χ0) is 17.2. The first-order valence-electron chi connectivity index (χ1n) is 7.61. The lowest BCUT2D eigenvalue weighted by Crippen LogP contribution is -2.48. The smallest absolute Gasteiger partial charge is 0.321 e. The minimum absolute atomic E-state index is 0.0745. The molecule has 1 atom stereocenters. The van der Waals surface area contributed by atoms with Crippen molar-refractivity contribution in [3.05, 3.63) is 35.9 Å². The molecule has 0 saturated heterocycles. The molecule has 0 spiro atoms. The van der Waals surface area contributed by atoms with Crippen molar-refractivity contribution in [1.82, 2.24) is 20.9 Å². The maximum atomic E-state index is 12.5. The van der Waals surface area contributed by atoms with E-state index in [1.807, 2.05) is 32.0 Å². The molecule has 0 aromatic heterocycles. The Labute approximate surface area is 136 Å². The van der Waals surface area contributed by atoms with Crippen LogP contribution in [-0.4, -0.2) is 49.4 Å². The SMILES string of the molecule is CCNC(=O)CN(CC)[C@H](C(=O)NC(=O)NC)c1ccccc1. The highest BCUT2D eigenvalue weighted by atomic mass is 16.2. The Hall–Kier alpha value is -2.41. The van der Waals surface area contributed by atoms with Gasteiger partial charge in [-0.25, -0.2) is 4.79 Å². The fourth-order valence-corrected chi connectivity index (χ4v) is 2.23. The summed E-state index contributed by atoms with van der Waals surface area (Å²) in [5.41, 5.74) is 0.722. The Kier molecular flexibility index (Phi) is 7.76. The lowest BCUT2D eigenvalue weighted by Gasteiger charge is -2.29. The first-order valence-corrected chi connectivity index (χ1v) is 7.61. The lowest BCUT2D eigenvalue weighted by atomic mass is 10.0. The fourth-order valence-electron chi connectivity index (χ4n) is 2.23. The topological polar surface area (TPSA) is 90.5 Å². The standard InChI is InChI=1S/C16H24N4O3/c1-4-18-13(21)11-20(5-2)14(12-9-7-6-8-10-12)15(22)19-16(23)17-3/h6-10,14H,4-5,11H2,1-3H3,(H,18,21)(H2,17,19,22,23)/t14-/m0/s1. The van der Waals surface area contributed by atoms with Crippen molar-refractivity contribution in [2.45, 2.75) is 19.9 Å². The average molecular weight is 320 g/mol. The number of carbonyl (C=O) groups excluding carboxylic acids is 3. The summed E-state index contributed by atoms with van der Waals surface area (Å²) in [5, 5.41) is 7.35. The summed E-state index contributed by atoms with van der Waals surface area (Å²) in [6, 6.07) is 7.77. The Morgan fingerprint density at radius 3 is 2.30 bits per heavy atom. The van der Waals surface area contributed by atoms with Gasteiger partial charge in [-0.2, -0.15) is 0 Å². The largest absolute Gasteiger partial charge is 0.355 e. The van der Waals surface area contributed by atoms with Crippen molar-refractivity contribution in [2.75, 3.05) is 26.7 Å². The summed E-state index contributed by atoms with van der Waals surface area (Å²) in [6.07, 6.45) is 0. The second-order valence-corrected chi connectivity index (χ2v) is 4.90. The van der Waals surface area contributed by atoms with Gasteiger partial charge in [-0.1, -0.05) is 37.3 Å². The lowest BCUT2D eigenvalue weighted by molar-refractivity contribution is -0.128. The zero-order valence-electron chi connectivity index (χ0n) is 13.8. The van der Waals surface area contributed by atoms with Crippen LogP contribution in [0.3, 0.4) is 0 Å². The summed E-state index contributed by atoms with van der Waals surface area (Å²) in [5.74, 6) is -0.635. The molecule has 1 aromatic carbocycles. The number of amides is 4. The summed E-state index contributed by atoms with van der Waals surface area (Å²) in [7, 11) is 1.44. The van der Waals surface area contributed by atoms with Crippen LogP contribution in [0, 0.1) is 0 Å². The van der Waals surface area contributed by atoms with Crippen LogP contribution in [0.4, 0.5) is 4.79 Å². The van der Waals surface area contributed by atoms with E-state index in [9.17, 15) is 14.4 Å². The van der Waals surface area contributed by atoms with Crippen molar-refractivity contribution < 1.29 is 14.4 Å². The maximum Gasteiger partial charge on any atom is 0.321 e. The molecule has 0 bridgehead atoms. The van der Waals surface area contributed by atoms with Gasteiger partial charge < -0.3 is 10.6 Å². The van der Waals surface area contributed by atoms with Crippen molar-refractivity contribution in [3.63, 3.8) is 0 Å². The number of imide groups is 1. The van der Waals surface area contributed by atoms with E-state index in [4.69, 9.17) is 0 Å². The van der Waals surface area contributed by atoms with Gasteiger partial charge in [0.15, 0.2) is 0 Å². The first kappa shape index (κ1) is 18.6. The number of nitrogens with zero attached hydrogens (tertiary/aromatic N) is 1. The molecular formula is C16H24N4O3. The monoisotopic (exact) mass is 320 g/mol. The van der Waals surface area contributed by atoms with Gasteiger partial charge in [0.1, 0.15) is 6.04 Å². The molecule has 0 aliphatic rings. The Morgan fingerprint density at radius 2 is 1.78 bits per heavy atom. The molecule has 126 valence electrons. The molecule has 1 rings (SSSR count). The van der Waals surface area contributed by atoms with Crippen molar-refractivity contribution in [3.8, 4) is 0 Å². The van der Waals surface area contributed by atoms with Gasteiger partial charge in [0.2, 0.25) is 11.8 Å². The molecule has 0 aliphatic heterocycles. The molecule has 0 saturated carbocycles. The van der Waals surface area contributed by atoms with Crippen molar-refractivity contribution >= 4 is 17.8 Å². The third-order valence-corrected chi connectivity index (χ3v) is 3.32. The fraction of sp³-hybridized carbons (Fsp3) is 0.438. The molecule has 0 radical (unpaired) electrons. The van der Waals surface area contributed by atoms with Crippen LogP contribution >= 0.6 is 0 Å². The number of urea groups is 1. The predicted octanol–water partition coefficient (Wildman–Crippen LogP) is 0.641. The number of hydrogen-bond acceptors (Lipinski definition) is 4. The molecule has 23 heavy (non-hydrogen) atoms. The van der Waals surface area contributed by atoms with Crippen molar-refractivity contribution in [2.24, 2.45) is 0 Å². The normalized spacial score (nSPS) is 11.7. The summed E-state index contributed by atoms with van der Waals surface area (Å²) in [6.45, 7) is 4.78. The van der Waals surface area contributed by atoms with Crippen LogP contribution in [0.1, 0.15) is 25.5 Å². The van der Waals surface area contributed by atoms with Crippen molar-refractivity contribution in [1.29, 1.82) is 0 Å². The molecule has 0 heterocycles. The van der Waals surface area contributed by atoms with Crippen LogP contribution in [0.25, 0.3) is 0 Å². The van der Waals surface area contributed by atoms with E-state index in [2.05, 4.69) is 16.0 Å². The molecule has 1 aromatic rings. The van der Waals surface area contributed by atoms with Gasteiger partial charge in [0.25, 0.3) is 0 Å². The van der Waals surface area contributed by atoms with E-state index in [1.54, 1.807) is 17.0 Å². The number of carbonyl (C=O) groups is 3. The summed E-state index contributed by atoms with van der Waals surface area (Å²) in [4.78, 5) is 37.6. The number of likely N-dealkylation sites (N-methyl/N-ethyl adjacent to an activating group) is 2. The maximum absolute atomic E-state index is 12.5. The van der Waals surface area contributed by atoms with E-state index < -0.39 is 18.0 Å². The Morgan fingerprint density at radius 1 is 1.13 bits per heavy atom. The Bertz CT molecular complexity index is 533. The molecule has 0 unspecified atom stereocenters. The highest BCUT2D eigenvalue weighted by Gasteiger charge is 2.29. The second-order valence-electron chi connectivity index (χ2n) is 4.90. The van der Waals surface area contributed by atoms with Gasteiger partial charge >= 0.3 is 6.03 Å². The molecular weight excluding hydrogens is 296 g/mol. The quantitative estimate of drug-likeness (QED) is 0.688. The molecule has 3 N–H and O–H groups in total. The highest BCUT2D eigenvalue weighted by molar-refractivity contribution is 5.97. The molecule has 0 fully saturated rings. The first-order chi connectivity index (χ1) is 11.0. The number of hydrogen-bond donors (Lipinski definition) is 3. The molecule has 7 heteroatoms. The van der Waals surface area contributed by atoms with Crippen LogP contribution in [0.5, 0.6) is 0 Å². The van der Waals surface area contributed by atoms with E-state index in [0.29, 0.717) is 13.1 Å². The van der Waals surface area contributed by atoms with Gasteiger partial charge in [-0.15, -0.1) is 0 Å². The number of rotatable bonds is 7. The van der Waals surface area contributed by atoms with Gasteiger partial charge in [-0.3, -0.25) is 19.8 Å². The number of benzene rings is 1. The minimum Gasteiger partial charge on any atom is -0.355 e. The van der Waals surface area contributed by atoms with Crippen LogP contribution < -0.4 is 16.0 Å². The third-order valence-electron chi connectivity index (χ3n) is 3.32. The highest BCUT2D eigenvalue weighted by Crippen LogP contribution is 2.20. The minimum atomic E-state index is -0.721. The van der Waals surface area contributed by atoms with E-state index >= 15 is 0 Å². The van der Waals surface area contributed by atoms with E-state index in [0.717, 1.165) is 5.56 Å². The van der Waals surface area contributed by atoms with Crippen LogP contribution in [0.2, 0.25) is 0 Å². The summed E-state index contributed by atoms with van der Waals surface area (Å²) >= 11 is 0. The van der Waals surface area contributed by atoms with E-state index in [1.165, 1.54) is 7.05 Å². The zero-order valence-corrected chi connectivity index (χ0v) is 13.8. The van der Waals surface area contributed by atoms with Gasteiger partial charge in [-0.05, 0) is 19.0 Å². The molecule has 4 amide bonds. The predicted molar refractivity (Wildman–Crippen MR) is 87.7 cm³/mol.